The molecule has 1 aliphatic rings. The van der Waals surface area contributed by atoms with Crippen molar-refractivity contribution in [2.24, 2.45) is 0 Å². The van der Waals surface area contributed by atoms with E-state index in [4.69, 9.17) is 9.84 Å². The van der Waals surface area contributed by atoms with Gasteiger partial charge in [-0.25, -0.2) is 4.79 Å². The van der Waals surface area contributed by atoms with Gasteiger partial charge in [-0.05, 0) is 74.6 Å². The maximum atomic E-state index is 12.2. The summed E-state index contributed by atoms with van der Waals surface area (Å²) in [5.41, 5.74) is 4.11. The lowest BCUT2D eigenvalue weighted by atomic mass is 9.79. The average molecular weight is 391 g/mol. The quantitative estimate of drug-likeness (QED) is 0.587. The maximum absolute atomic E-state index is 12.2. The molecule has 0 bridgehead atoms. The molecule has 1 fully saturated rings. The van der Waals surface area contributed by atoms with E-state index in [1.54, 1.807) is 4.90 Å². The second kappa shape index (κ2) is 12.1. The molecule has 1 aliphatic carbocycles. The highest BCUT2D eigenvalue weighted by atomic mass is 16.6. The van der Waals surface area contributed by atoms with Crippen molar-refractivity contribution in [2.75, 3.05) is 27.3 Å². The van der Waals surface area contributed by atoms with Gasteiger partial charge in [0.25, 0.3) is 0 Å². The Kier molecular flexibility index (Phi) is 9.79. The number of nitrogens with one attached hydrogen (secondary N) is 1. The SMILES string of the molecule is CCCCOC(=O)N(C)C1CCC(c2ccc(CCCO)cc2CNC)CC1. The van der Waals surface area contributed by atoms with Crippen molar-refractivity contribution in [2.45, 2.75) is 76.8 Å². The molecule has 0 atom stereocenters. The van der Waals surface area contributed by atoms with Crippen LogP contribution < -0.4 is 5.32 Å². The second-order valence-corrected chi connectivity index (χ2v) is 7.97. The molecule has 28 heavy (non-hydrogen) atoms. The van der Waals surface area contributed by atoms with E-state index >= 15 is 0 Å². The van der Waals surface area contributed by atoms with Crippen LogP contribution >= 0.6 is 0 Å². The Balaban J connectivity index is 1.95. The second-order valence-electron chi connectivity index (χ2n) is 7.97. The predicted octanol–water partition coefficient (Wildman–Crippen LogP) is 4.23. The number of aryl methyl sites for hydroxylation is 1. The predicted molar refractivity (Wildman–Crippen MR) is 114 cm³/mol. The van der Waals surface area contributed by atoms with E-state index < -0.39 is 0 Å². The van der Waals surface area contributed by atoms with Crippen molar-refractivity contribution in [1.29, 1.82) is 0 Å². The van der Waals surface area contributed by atoms with Gasteiger partial charge >= 0.3 is 6.09 Å². The van der Waals surface area contributed by atoms with Crippen molar-refractivity contribution in [3.63, 3.8) is 0 Å². The van der Waals surface area contributed by atoms with E-state index in [-0.39, 0.29) is 18.7 Å². The fraction of sp³-hybridized carbons (Fsp3) is 0.696. The number of amides is 1. The van der Waals surface area contributed by atoms with E-state index in [1.807, 2.05) is 14.1 Å². The summed E-state index contributed by atoms with van der Waals surface area (Å²) in [5.74, 6) is 0.552. The molecule has 0 aliphatic heterocycles. The molecular formula is C23H38N2O3. The van der Waals surface area contributed by atoms with Crippen molar-refractivity contribution < 1.29 is 14.6 Å². The Morgan fingerprint density at radius 3 is 2.64 bits per heavy atom. The molecule has 1 aromatic rings. The number of aliphatic hydroxyl groups excluding tert-OH is 1. The Morgan fingerprint density at radius 1 is 1.25 bits per heavy atom. The molecule has 0 aromatic heterocycles. The molecule has 2 rings (SSSR count). The van der Waals surface area contributed by atoms with Crippen LogP contribution in [0.2, 0.25) is 0 Å². The molecule has 5 heteroatoms. The van der Waals surface area contributed by atoms with Crippen LogP contribution in [0.25, 0.3) is 0 Å². The third-order valence-corrected chi connectivity index (χ3v) is 5.89. The number of carbonyl (C=O) groups excluding carboxylic acids is 1. The molecular weight excluding hydrogens is 352 g/mol. The van der Waals surface area contributed by atoms with E-state index in [0.29, 0.717) is 12.5 Å². The van der Waals surface area contributed by atoms with Gasteiger partial charge in [0, 0.05) is 26.2 Å². The lowest BCUT2D eigenvalue weighted by Gasteiger charge is -2.35. The zero-order chi connectivity index (χ0) is 20.4. The summed E-state index contributed by atoms with van der Waals surface area (Å²) in [6.45, 7) is 3.72. The van der Waals surface area contributed by atoms with E-state index in [0.717, 1.165) is 57.9 Å². The highest BCUT2D eigenvalue weighted by molar-refractivity contribution is 5.67. The fourth-order valence-corrected chi connectivity index (χ4v) is 4.17. The van der Waals surface area contributed by atoms with E-state index in [1.165, 1.54) is 16.7 Å². The normalized spacial score (nSPS) is 19.4. The van der Waals surface area contributed by atoms with Gasteiger partial charge in [0.1, 0.15) is 0 Å². The molecule has 2 N–H and O–H groups in total. The summed E-state index contributed by atoms with van der Waals surface area (Å²) in [6, 6.07) is 7.08. The number of aliphatic hydroxyl groups is 1. The van der Waals surface area contributed by atoms with E-state index in [9.17, 15) is 4.79 Å². The Morgan fingerprint density at radius 2 is 2.00 bits per heavy atom. The molecule has 0 saturated heterocycles. The van der Waals surface area contributed by atoms with Crippen molar-refractivity contribution in [3.05, 3.63) is 34.9 Å². The van der Waals surface area contributed by atoms with Gasteiger partial charge in [-0.15, -0.1) is 0 Å². The minimum atomic E-state index is -0.180. The van der Waals surface area contributed by atoms with Gasteiger partial charge in [0.05, 0.1) is 6.61 Å². The van der Waals surface area contributed by atoms with Crippen molar-refractivity contribution in [3.8, 4) is 0 Å². The first-order chi connectivity index (χ1) is 13.6. The standard InChI is InChI=1S/C23H38N2O3/c1-4-5-15-28-23(27)25(3)21-11-9-19(10-12-21)22-13-8-18(7-6-14-26)16-20(22)17-24-2/h8,13,16,19,21,24,26H,4-7,9-12,14-15,17H2,1-3H3. The van der Waals surface area contributed by atoms with Crippen LogP contribution in [0, 0.1) is 0 Å². The Labute approximate surface area is 170 Å². The van der Waals surface area contributed by atoms with Crippen LogP contribution in [0.15, 0.2) is 18.2 Å². The molecule has 0 radical (unpaired) electrons. The van der Waals surface area contributed by atoms with Gasteiger partial charge < -0.3 is 20.1 Å². The third kappa shape index (κ3) is 6.49. The number of hydrogen-bond acceptors (Lipinski definition) is 4. The number of nitrogens with zero attached hydrogens (tertiary/aromatic N) is 1. The van der Waals surface area contributed by atoms with Crippen LogP contribution in [-0.2, 0) is 17.7 Å². The molecule has 158 valence electrons. The number of ether oxygens (including phenoxy) is 1. The van der Waals surface area contributed by atoms with Gasteiger partial charge in [-0.2, -0.15) is 0 Å². The zero-order valence-corrected chi connectivity index (χ0v) is 17.9. The lowest BCUT2D eigenvalue weighted by molar-refractivity contribution is 0.0864. The van der Waals surface area contributed by atoms with Gasteiger partial charge in [-0.3, -0.25) is 0 Å². The topological polar surface area (TPSA) is 61.8 Å². The van der Waals surface area contributed by atoms with Crippen molar-refractivity contribution in [1.82, 2.24) is 10.2 Å². The van der Waals surface area contributed by atoms with Crippen LogP contribution in [-0.4, -0.2) is 49.5 Å². The molecule has 1 saturated carbocycles. The smallest absolute Gasteiger partial charge is 0.409 e. The molecule has 0 unspecified atom stereocenters. The van der Waals surface area contributed by atoms with Gasteiger partial charge in [0.2, 0.25) is 0 Å². The first-order valence-corrected chi connectivity index (χ1v) is 10.9. The van der Waals surface area contributed by atoms with Crippen LogP contribution in [0.3, 0.4) is 0 Å². The molecule has 5 nitrogen and oxygen atoms in total. The number of hydrogen-bond donors (Lipinski definition) is 2. The highest BCUT2D eigenvalue weighted by Crippen LogP contribution is 2.36. The Hall–Kier alpha value is -1.59. The molecule has 1 aromatic carbocycles. The maximum Gasteiger partial charge on any atom is 0.409 e. The largest absolute Gasteiger partial charge is 0.449 e. The lowest BCUT2D eigenvalue weighted by Crippen LogP contribution is -2.39. The summed E-state index contributed by atoms with van der Waals surface area (Å²) in [4.78, 5) is 14.0. The first-order valence-electron chi connectivity index (χ1n) is 10.9. The highest BCUT2D eigenvalue weighted by Gasteiger charge is 2.28. The Bertz CT molecular complexity index is 598. The first kappa shape index (κ1) is 22.7. The number of unbranched alkanes of at least 4 members (excludes halogenated alkanes) is 1. The third-order valence-electron chi connectivity index (χ3n) is 5.89. The molecule has 1 amide bonds. The van der Waals surface area contributed by atoms with Crippen LogP contribution in [0.4, 0.5) is 4.79 Å². The minimum absolute atomic E-state index is 0.180. The van der Waals surface area contributed by atoms with Crippen LogP contribution in [0.5, 0.6) is 0 Å². The zero-order valence-electron chi connectivity index (χ0n) is 17.9. The van der Waals surface area contributed by atoms with Crippen LogP contribution in [0.1, 0.15) is 74.5 Å². The number of rotatable bonds is 10. The van der Waals surface area contributed by atoms with E-state index in [2.05, 4.69) is 30.4 Å². The van der Waals surface area contributed by atoms with Gasteiger partial charge in [0.15, 0.2) is 0 Å². The average Bonchev–Trinajstić information content (AvgIpc) is 2.72. The summed E-state index contributed by atoms with van der Waals surface area (Å²) in [6.07, 6.45) is 7.76. The minimum Gasteiger partial charge on any atom is -0.449 e. The van der Waals surface area contributed by atoms with Crippen molar-refractivity contribution >= 4 is 6.09 Å². The number of carbonyl (C=O) groups is 1. The number of benzene rings is 1. The summed E-state index contributed by atoms with van der Waals surface area (Å²) >= 11 is 0. The summed E-state index contributed by atoms with van der Waals surface area (Å²) in [5, 5.41) is 12.4. The van der Waals surface area contributed by atoms with Gasteiger partial charge in [-0.1, -0.05) is 31.5 Å². The monoisotopic (exact) mass is 390 g/mol. The summed E-state index contributed by atoms with van der Waals surface area (Å²) in [7, 11) is 3.86. The molecule has 0 heterocycles. The molecule has 0 spiro atoms. The summed E-state index contributed by atoms with van der Waals surface area (Å²) < 4.78 is 5.37. The fourth-order valence-electron chi connectivity index (χ4n) is 4.17.